The lowest BCUT2D eigenvalue weighted by Crippen LogP contribution is -2.46. The van der Waals surface area contributed by atoms with E-state index >= 15 is 0 Å². The highest BCUT2D eigenvalue weighted by atomic mass is 19.1. The summed E-state index contributed by atoms with van der Waals surface area (Å²) in [7, 11) is 0. The van der Waals surface area contributed by atoms with Gasteiger partial charge in [0.15, 0.2) is 5.76 Å². The maximum atomic E-state index is 13.3. The average molecular weight is 445 g/mol. The fourth-order valence-electron chi connectivity index (χ4n) is 4.24. The summed E-state index contributed by atoms with van der Waals surface area (Å²) in [6.45, 7) is 0.211. The Morgan fingerprint density at radius 1 is 1.09 bits per heavy atom. The second-order valence-electron chi connectivity index (χ2n) is 7.85. The molecule has 7 nitrogen and oxygen atoms in total. The van der Waals surface area contributed by atoms with E-state index in [2.05, 4.69) is 4.98 Å². The van der Waals surface area contributed by atoms with Crippen LogP contribution in [0, 0.1) is 5.82 Å². The number of benzene rings is 2. The number of H-pyrrole nitrogens is 1. The van der Waals surface area contributed by atoms with Crippen molar-refractivity contribution >= 4 is 34.3 Å². The molecular weight excluding hydrogens is 425 g/mol. The lowest BCUT2D eigenvalue weighted by atomic mass is 10.1. The highest BCUT2D eigenvalue weighted by molar-refractivity contribution is 6.23. The van der Waals surface area contributed by atoms with Gasteiger partial charge in [0.25, 0.3) is 11.8 Å². The van der Waals surface area contributed by atoms with Gasteiger partial charge in [0.2, 0.25) is 5.91 Å². The number of carbonyl (C=O) groups excluding carboxylic acids is 3. The van der Waals surface area contributed by atoms with Crippen molar-refractivity contribution in [2.75, 3.05) is 11.4 Å². The van der Waals surface area contributed by atoms with Crippen LogP contribution in [0.2, 0.25) is 0 Å². The summed E-state index contributed by atoms with van der Waals surface area (Å²) in [5.41, 5.74) is 2.25. The van der Waals surface area contributed by atoms with Crippen LogP contribution in [0.15, 0.2) is 77.5 Å². The molecule has 3 heterocycles. The molecule has 1 aliphatic heterocycles. The molecule has 166 valence electrons. The number of carbonyl (C=O) groups is 3. The molecule has 1 atom stereocenters. The first-order chi connectivity index (χ1) is 16.0. The van der Waals surface area contributed by atoms with Crippen LogP contribution in [0.4, 0.5) is 10.1 Å². The Hall–Kier alpha value is -4.20. The Labute approximate surface area is 188 Å². The van der Waals surface area contributed by atoms with Crippen molar-refractivity contribution in [3.05, 3.63) is 90.3 Å². The van der Waals surface area contributed by atoms with Crippen LogP contribution >= 0.6 is 0 Å². The van der Waals surface area contributed by atoms with E-state index in [1.165, 1.54) is 41.5 Å². The van der Waals surface area contributed by atoms with Gasteiger partial charge in [0.05, 0.1) is 18.4 Å². The van der Waals surface area contributed by atoms with E-state index in [1.54, 1.807) is 6.07 Å². The smallest absolute Gasteiger partial charge is 0.290 e. The summed E-state index contributed by atoms with van der Waals surface area (Å²) < 4.78 is 18.6. The molecule has 0 bridgehead atoms. The summed E-state index contributed by atoms with van der Waals surface area (Å²) in [6, 6.07) is 15.1. The molecule has 2 aromatic carbocycles. The monoisotopic (exact) mass is 445 g/mol. The first kappa shape index (κ1) is 20.7. The van der Waals surface area contributed by atoms with Gasteiger partial charge < -0.3 is 14.3 Å². The maximum absolute atomic E-state index is 13.3. The molecule has 0 radical (unpaired) electrons. The van der Waals surface area contributed by atoms with Gasteiger partial charge in [-0.05, 0) is 54.4 Å². The Kier molecular flexibility index (Phi) is 5.26. The van der Waals surface area contributed by atoms with Gasteiger partial charge in [0, 0.05) is 23.6 Å². The number of aromatic nitrogens is 1. The highest BCUT2D eigenvalue weighted by Crippen LogP contribution is 2.28. The van der Waals surface area contributed by atoms with E-state index in [1.807, 2.05) is 30.5 Å². The predicted octanol–water partition coefficient (Wildman–Crippen LogP) is 3.92. The van der Waals surface area contributed by atoms with E-state index in [-0.39, 0.29) is 24.4 Å². The van der Waals surface area contributed by atoms with E-state index in [9.17, 15) is 18.8 Å². The number of halogens is 1. The average Bonchev–Trinajstić information content (AvgIpc) is 3.55. The number of anilines is 1. The zero-order chi connectivity index (χ0) is 22.9. The van der Waals surface area contributed by atoms with E-state index in [4.69, 9.17) is 4.42 Å². The number of para-hydroxylation sites is 1. The van der Waals surface area contributed by atoms with Crippen molar-refractivity contribution in [1.82, 2.24) is 9.88 Å². The molecule has 1 N–H and O–H groups in total. The zero-order valence-corrected chi connectivity index (χ0v) is 17.5. The summed E-state index contributed by atoms with van der Waals surface area (Å²) in [5, 5.41) is 1.03. The normalized spacial score (nSPS) is 16.0. The number of nitrogens with one attached hydrogen (secondary N) is 1. The Balaban J connectivity index is 1.44. The Morgan fingerprint density at radius 2 is 1.88 bits per heavy atom. The Bertz CT molecular complexity index is 1330. The molecule has 0 aliphatic carbocycles. The van der Waals surface area contributed by atoms with Crippen LogP contribution in [-0.4, -0.2) is 40.2 Å². The molecule has 8 heteroatoms. The summed E-state index contributed by atoms with van der Waals surface area (Å²) in [4.78, 5) is 44.9. The summed E-state index contributed by atoms with van der Waals surface area (Å²) in [5.74, 6) is -1.81. The lowest BCUT2D eigenvalue weighted by Gasteiger charge is -2.27. The quantitative estimate of drug-likeness (QED) is 0.456. The van der Waals surface area contributed by atoms with Gasteiger partial charge in [0.1, 0.15) is 11.9 Å². The van der Waals surface area contributed by atoms with Crippen molar-refractivity contribution in [3.8, 4) is 0 Å². The molecule has 1 aliphatic rings. The SMILES string of the molecule is O=C1CC(N(CCc2c[nH]c3ccccc23)C(=O)c2ccco2)C(=O)N1c1ccc(F)cc1. The molecule has 3 amide bonds. The largest absolute Gasteiger partial charge is 0.459 e. The number of fused-ring (bicyclic) bond motifs is 1. The first-order valence-electron chi connectivity index (χ1n) is 10.5. The van der Waals surface area contributed by atoms with Gasteiger partial charge >= 0.3 is 0 Å². The Morgan fingerprint density at radius 3 is 2.64 bits per heavy atom. The third kappa shape index (κ3) is 3.80. The molecule has 0 saturated carbocycles. The summed E-state index contributed by atoms with van der Waals surface area (Å²) in [6.07, 6.45) is 3.59. The third-order valence-corrected chi connectivity index (χ3v) is 5.87. The second-order valence-corrected chi connectivity index (χ2v) is 7.85. The fraction of sp³-hybridized carbons (Fsp3) is 0.160. The molecule has 4 aromatic rings. The van der Waals surface area contributed by atoms with Gasteiger partial charge in [-0.25, -0.2) is 9.29 Å². The van der Waals surface area contributed by atoms with E-state index in [0.29, 0.717) is 6.42 Å². The highest BCUT2D eigenvalue weighted by Gasteiger charge is 2.44. The molecule has 0 spiro atoms. The first-order valence-corrected chi connectivity index (χ1v) is 10.5. The van der Waals surface area contributed by atoms with Crippen molar-refractivity contribution in [1.29, 1.82) is 0 Å². The van der Waals surface area contributed by atoms with Crippen LogP contribution in [0.3, 0.4) is 0 Å². The minimum atomic E-state index is -0.981. The van der Waals surface area contributed by atoms with Gasteiger partial charge in [-0.3, -0.25) is 14.4 Å². The van der Waals surface area contributed by atoms with Crippen molar-refractivity contribution < 1.29 is 23.2 Å². The summed E-state index contributed by atoms with van der Waals surface area (Å²) >= 11 is 0. The molecular formula is C25H20FN3O4. The van der Waals surface area contributed by atoms with Crippen molar-refractivity contribution in [2.24, 2.45) is 0 Å². The third-order valence-electron chi connectivity index (χ3n) is 5.87. The lowest BCUT2D eigenvalue weighted by molar-refractivity contribution is -0.122. The van der Waals surface area contributed by atoms with Gasteiger partial charge in [-0.2, -0.15) is 0 Å². The number of aromatic amines is 1. The van der Waals surface area contributed by atoms with Crippen LogP contribution in [0.25, 0.3) is 10.9 Å². The van der Waals surface area contributed by atoms with Crippen LogP contribution in [0.5, 0.6) is 0 Å². The predicted molar refractivity (Wildman–Crippen MR) is 119 cm³/mol. The molecule has 1 saturated heterocycles. The minimum absolute atomic E-state index is 0.0920. The number of rotatable bonds is 6. The zero-order valence-electron chi connectivity index (χ0n) is 17.5. The van der Waals surface area contributed by atoms with Crippen molar-refractivity contribution in [3.63, 3.8) is 0 Å². The number of furan rings is 1. The van der Waals surface area contributed by atoms with Gasteiger partial charge in [-0.15, -0.1) is 0 Å². The number of hydrogen-bond donors (Lipinski definition) is 1. The number of hydrogen-bond acceptors (Lipinski definition) is 4. The van der Waals surface area contributed by atoms with Crippen LogP contribution in [-0.2, 0) is 16.0 Å². The van der Waals surface area contributed by atoms with E-state index in [0.717, 1.165) is 21.4 Å². The topological polar surface area (TPSA) is 86.6 Å². The van der Waals surface area contributed by atoms with Crippen LogP contribution < -0.4 is 4.90 Å². The van der Waals surface area contributed by atoms with Crippen LogP contribution in [0.1, 0.15) is 22.5 Å². The molecule has 33 heavy (non-hydrogen) atoms. The fourth-order valence-corrected chi connectivity index (χ4v) is 4.24. The van der Waals surface area contributed by atoms with Gasteiger partial charge in [-0.1, -0.05) is 18.2 Å². The minimum Gasteiger partial charge on any atom is -0.459 e. The second kappa shape index (κ2) is 8.38. The molecule has 1 unspecified atom stereocenters. The van der Waals surface area contributed by atoms with Crippen molar-refractivity contribution in [2.45, 2.75) is 18.9 Å². The molecule has 1 fully saturated rings. The van der Waals surface area contributed by atoms with E-state index < -0.39 is 29.6 Å². The standard InChI is InChI=1S/C25H20FN3O4/c26-17-7-9-18(10-8-17)29-23(30)14-21(24(29)31)28(25(32)22-6-3-13-33-22)12-11-16-15-27-20-5-2-1-4-19(16)20/h1-10,13,15,21,27H,11-12,14H2. The molecule has 2 aromatic heterocycles. The maximum Gasteiger partial charge on any atom is 0.290 e. The number of amides is 3. The number of nitrogens with zero attached hydrogens (tertiary/aromatic N) is 2. The number of imide groups is 1. The molecule has 5 rings (SSSR count).